The summed E-state index contributed by atoms with van der Waals surface area (Å²) >= 11 is 0. The number of amides is 2. The molecule has 1 saturated carbocycles. The van der Waals surface area contributed by atoms with Crippen LogP contribution >= 0.6 is 0 Å². The molecular formula is C21H23N5O6. The molecular weight excluding hydrogens is 418 g/mol. The molecule has 32 heavy (non-hydrogen) atoms. The molecule has 2 N–H and O–H groups in total. The number of hydrogen-bond acceptors (Lipinski definition) is 6. The van der Waals surface area contributed by atoms with Crippen molar-refractivity contribution in [2.45, 2.75) is 51.4 Å². The average molecular weight is 441 g/mol. The third-order valence-corrected chi connectivity index (χ3v) is 5.86. The Labute approximate surface area is 183 Å². The van der Waals surface area contributed by atoms with Crippen molar-refractivity contribution in [3.05, 3.63) is 57.7 Å². The number of aromatic nitrogens is 2. The first-order chi connectivity index (χ1) is 15.2. The Morgan fingerprint density at radius 1 is 1.28 bits per heavy atom. The van der Waals surface area contributed by atoms with Crippen molar-refractivity contribution >= 4 is 23.5 Å². The Kier molecular flexibility index (Phi) is 5.64. The molecule has 2 aliphatic rings. The minimum Gasteiger partial charge on any atom is -0.480 e. The van der Waals surface area contributed by atoms with Gasteiger partial charge >= 0.3 is 5.97 Å². The predicted molar refractivity (Wildman–Crippen MR) is 110 cm³/mol. The number of carbonyl (C=O) groups excluding carboxylic acids is 2. The highest BCUT2D eigenvalue weighted by molar-refractivity contribution is 5.92. The SMILES string of the molecule is CC(NC(=O)C1Cc2ncn(Cc3ccc([N+](=O)[O-])cc3)c2CN1C(=O)C1CC1)C(=O)O. The quantitative estimate of drug-likeness (QED) is 0.483. The molecule has 11 nitrogen and oxygen atoms in total. The monoisotopic (exact) mass is 441 g/mol. The number of rotatable bonds is 7. The van der Waals surface area contributed by atoms with E-state index in [1.807, 2.05) is 4.57 Å². The number of nitrogens with zero attached hydrogens (tertiary/aromatic N) is 4. The Bertz CT molecular complexity index is 1070. The summed E-state index contributed by atoms with van der Waals surface area (Å²) in [5.41, 5.74) is 2.32. The number of hydrogen-bond donors (Lipinski definition) is 2. The molecule has 2 unspecified atom stereocenters. The summed E-state index contributed by atoms with van der Waals surface area (Å²) in [6.45, 7) is 1.98. The number of carboxylic acids is 1. The zero-order chi connectivity index (χ0) is 23.0. The van der Waals surface area contributed by atoms with Crippen molar-refractivity contribution < 1.29 is 24.4 Å². The van der Waals surface area contributed by atoms with E-state index in [4.69, 9.17) is 5.11 Å². The van der Waals surface area contributed by atoms with Crippen LogP contribution in [0.4, 0.5) is 5.69 Å². The minimum atomic E-state index is -1.15. The van der Waals surface area contributed by atoms with Gasteiger partial charge in [0.2, 0.25) is 11.8 Å². The molecule has 2 atom stereocenters. The summed E-state index contributed by atoms with van der Waals surface area (Å²) in [5.74, 6) is -1.87. The average Bonchev–Trinajstić information content (AvgIpc) is 3.55. The van der Waals surface area contributed by atoms with E-state index < -0.39 is 28.9 Å². The highest BCUT2D eigenvalue weighted by atomic mass is 16.6. The normalized spacial score (nSPS) is 18.5. The van der Waals surface area contributed by atoms with Crippen molar-refractivity contribution in [3.8, 4) is 0 Å². The number of imidazole rings is 1. The lowest BCUT2D eigenvalue weighted by Crippen LogP contribution is -2.55. The number of non-ortho nitro benzene ring substituents is 1. The third kappa shape index (κ3) is 4.32. The van der Waals surface area contributed by atoms with Gasteiger partial charge in [-0.3, -0.25) is 24.5 Å². The van der Waals surface area contributed by atoms with Crippen LogP contribution in [0.15, 0.2) is 30.6 Å². The van der Waals surface area contributed by atoms with Crippen LogP contribution in [0.25, 0.3) is 0 Å². The summed E-state index contributed by atoms with van der Waals surface area (Å²) in [6.07, 6.45) is 3.39. The highest BCUT2D eigenvalue weighted by Gasteiger charge is 2.42. The molecule has 0 spiro atoms. The van der Waals surface area contributed by atoms with Gasteiger partial charge in [-0.2, -0.15) is 0 Å². The van der Waals surface area contributed by atoms with Crippen LogP contribution in [0.1, 0.15) is 36.7 Å². The van der Waals surface area contributed by atoms with Gasteiger partial charge in [0.25, 0.3) is 5.69 Å². The second-order valence-corrected chi connectivity index (χ2v) is 8.22. The molecule has 0 saturated heterocycles. The number of aliphatic carboxylic acids is 1. The first-order valence-corrected chi connectivity index (χ1v) is 10.3. The zero-order valence-electron chi connectivity index (χ0n) is 17.4. The minimum absolute atomic E-state index is 0.00654. The summed E-state index contributed by atoms with van der Waals surface area (Å²) in [4.78, 5) is 53.2. The molecule has 1 aliphatic heterocycles. The molecule has 0 radical (unpaired) electrons. The smallest absolute Gasteiger partial charge is 0.325 e. The van der Waals surface area contributed by atoms with E-state index in [1.54, 1.807) is 18.5 Å². The number of fused-ring (bicyclic) bond motifs is 1. The van der Waals surface area contributed by atoms with Gasteiger partial charge in [0.05, 0.1) is 29.2 Å². The van der Waals surface area contributed by atoms with Crippen LogP contribution in [-0.2, 0) is 33.9 Å². The molecule has 4 rings (SSSR count). The van der Waals surface area contributed by atoms with E-state index in [1.165, 1.54) is 24.0 Å². The second kappa shape index (κ2) is 8.40. The Morgan fingerprint density at radius 2 is 1.97 bits per heavy atom. The largest absolute Gasteiger partial charge is 0.480 e. The number of nitrogens with one attached hydrogen (secondary N) is 1. The summed E-state index contributed by atoms with van der Waals surface area (Å²) < 4.78 is 1.87. The lowest BCUT2D eigenvalue weighted by atomic mass is 10.00. The van der Waals surface area contributed by atoms with Crippen LogP contribution in [0.3, 0.4) is 0 Å². The van der Waals surface area contributed by atoms with Gasteiger partial charge in [-0.05, 0) is 25.3 Å². The van der Waals surface area contributed by atoms with Crippen molar-refractivity contribution in [1.82, 2.24) is 19.8 Å². The van der Waals surface area contributed by atoms with Gasteiger partial charge in [0.15, 0.2) is 0 Å². The topological polar surface area (TPSA) is 148 Å². The summed E-state index contributed by atoms with van der Waals surface area (Å²) in [7, 11) is 0. The van der Waals surface area contributed by atoms with Crippen molar-refractivity contribution in [2.75, 3.05) is 0 Å². The number of carbonyl (C=O) groups is 3. The molecule has 2 amide bonds. The lowest BCUT2D eigenvalue weighted by molar-refractivity contribution is -0.384. The molecule has 1 fully saturated rings. The maximum atomic E-state index is 12.9. The summed E-state index contributed by atoms with van der Waals surface area (Å²) in [6, 6.07) is 4.33. The Hall–Kier alpha value is -3.76. The highest BCUT2D eigenvalue weighted by Crippen LogP contribution is 2.34. The summed E-state index contributed by atoms with van der Waals surface area (Å²) in [5, 5.41) is 22.4. The maximum absolute atomic E-state index is 12.9. The van der Waals surface area contributed by atoms with E-state index >= 15 is 0 Å². The number of nitro benzene ring substituents is 1. The molecule has 1 aromatic heterocycles. The molecule has 1 aliphatic carbocycles. The van der Waals surface area contributed by atoms with E-state index in [9.17, 15) is 24.5 Å². The van der Waals surface area contributed by atoms with Gasteiger partial charge in [0.1, 0.15) is 12.1 Å². The Morgan fingerprint density at radius 3 is 2.56 bits per heavy atom. The first kappa shape index (κ1) is 21.5. The van der Waals surface area contributed by atoms with Crippen molar-refractivity contribution in [3.63, 3.8) is 0 Å². The standard InChI is InChI=1S/C21H23N5O6/c1-12(21(29)30)23-19(27)17-8-16-18(10-25(17)20(28)14-4-5-14)24(11-22-16)9-13-2-6-15(7-3-13)26(31)32/h2-3,6-7,11-12,14,17H,4-5,8-10H2,1H3,(H,23,27)(H,29,30). The molecule has 2 aromatic rings. The van der Waals surface area contributed by atoms with Gasteiger partial charge in [-0.25, -0.2) is 4.98 Å². The fourth-order valence-electron chi connectivity index (χ4n) is 3.82. The van der Waals surface area contributed by atoms with Gasteiger partial charge < -0.3 is 19.9 Å². The van der Waals surface area contributed by atoms with Gasteiger partial charge in [-0.1, -0.05) is 12.1 Å². The van der Waals surface area contributed by atoms with E-state index in [-0.39, 0.29) is 30.5 Å². The first-order valence-electron chi connectivity index (χ1n) is 10.3. The van der Waals surface area contributed by atoms with Crippen LogP contribution in [0, 0.1) is 16.0 Å². The van der Waals surface area contributed by atoms with E-state index in [0.717, 1.165) is 24.1 Å². The van der Waals surface area contributed by atoms with Crippen LogP contribution in [-0.4, -0.2) is 54.3 Å². The predicted octanol–water partition coefficient (Wildman–Crippen LogP) is 1.09. The van der Waals surface area contributed by atoms with Crippen molar-refractivity contribution in [1.29, 1.82) is 0 Å². The molecule has 168 valence electrons. The third-order valence-electron chi connectivity index (χ3n) is 5.86. The molecule has 11 heteroatoms. The van der Waals surface area contributed by atoms with Gasteiger partial charge in [-0.15, -0.1) is 0 Å². The lowest BCUT2D eigenvalue weighted by Gasteiger charge is -2.35. The van der Waals surface area contributed by atoms with Gasteiger partial charge in [0, 0.05) is 31.0 Å². The van der Waals surface area contributed by atoms with E-state index in [2.05, 4.69) is 10.3 Å². The van der Waals surface area contributed by atoms with Crippen LogP contribution < -0.4 is 5.32 Å². The van der Waals surface area contributed by atoms with Crippen LogP contribution in [0.2, 0.25) is 0 Å². The van der Waals surface area contributed by atoms with Crippen LogP contribution in [0.5, 0.6) is 0 Å². The number of nitro groups is 1. The molecule has 2 heterocycles. The molecule has 1 aromatic carbocycles. The molecule has 0 bridgehead atoms. The zero-order valence-corrected chi connectivity index (χ0v) is 17.4. The Balaban J connectivity index is 1.57. The fourth-order valence-corrected chi connectivity index (χ4v) is 3.82. The fraction of sp³-hybridized carbons (Fsp3) is 0.429. The van der Waals surface area contributed by atoms with E-state index in [0.29, 0.717) is 12.2 Å². The maximum Gasteiger partial charge on any atom is 0.325 e. The number of carboxylic acid groups (broad SMARTS) is 1. The number of benzene rings is 1. The van der Waals surface area contributed by atoms with Crippen molar-refractivity contribution in [2.24, 2.45) is 5.92 Å². The second-order valence-electron chi connectivity index (χ2n) is 8.22.